The van der Waals surface area contributed by atoms with Crippen LogP contribution in [-0.2, 0) is 4.79 Å². The fourth-order valence-corrected chi connectivity index (χ4v) is 3.52. The Morgan fingerprint density at radius 1 is 1.26 bits per heavy atom. The molecule has 2 N–H and O–H groups in total. The fraction of sp³-hybridized carbons (Fsp3) is 0.105. The van der Waals surface area contributed by atoms with Crippen LogP contribution in [0, 0.1) is 0 Å². The number of nitrogens with zero attached hydrogens (tertiary/aromatic N) is 1. The molecule has 1 aromatic heterocycles. The number of benzene rings is 2. The largest absolute Gasteiger partial charge is 0.479 e. The number of thiazole rings is 1. The lowest BCUT2D eigenvalue weighted by Crippen LogP contribution is -2.34. The molecule has 2 aromatic carbocycles. The van der Waals surface area contributed by atoms with E-state index >= 15 is 0 Å². The number of hydrogen-bond acceptors (Lipinski definition) is 5. The van der Waals surface area contributed by atoms with E-state index in [1.807, 2.05) is 12.1 Å². The zero-order valence-electron chi connectivity index (χ0n) is 14.2. The first-order valence-corrected chi connectivity index (χ1v) is 9.40. The number of rotatable bonds is 3. The molecule has 1 unspecified atom stereocenters. The highest BCUT2D eigenvalue weighted by molar-refractivity contribution is 7.13. The molecule has 2 amide bonds. The molecule has 136 valence electrons. The van der Waals surface area contributed by atoms with Crippen LogP contribution in [0.5, 0.6) is 5.75 Å². The minimum absolute atomic E-state index is 0.224. The number of anilines is 2. The van der Waals surface area contributed by atoms with E-state index < -0.39 is 6.10 Å². The zero-order chi connectivity index (χ0) is 19.0. The Morgan fingerprint density at radius 3 is 2.81 bits per heavy atom. The summed E-state index contributed by atoms with van der Waals surface area (Å²) in [6.07, 6.45) is -0.542. The molecule has 0 radical (unpaired) electrons. The van der Waals surface area contributed by atoms with Gasteiger partial charge in [0.1, 0.15) is 16.5 Å². The highest BCUT2D eigenvalue weighted by atomic mass is 35.5. The van der Waals surface area contributed by atoms with Crippen LogP contribution in [0.25, 0.3) is 10.6 Å². The van der Waals surface area contributed by atoms with Crippen LogP contribution in [0.1, 0.15) is 17.4 Å². The first kappa shape index (κ1) is 17.5. The quantitative estimate of drug-likeness (QED) is 0.682. The van der Waals surface area contributed by atoms with Crippen LogP contribution in [0.3, 0.4) is 0 Å². The number of carbonyl (C=O) groups is 2. The maximum Gasteiger partial charge on any atom is 0.275 e. The van der Waals surface area contributed by atoms with E-state index in [4.69, 9.17) is 16.3 Å². The highest BCUT2D eigenvalue weighted by Crippen LogP contribution is 2.32. The van der Waals surface area contributed by atoms with Crippen LogP contribution < -0.4 is 15.4 Å². The zero-order valence-corrected chi connectivity index (χ0v) is 15.7. The summed E-state index contributed by atoms with van der Waals surface area (Å²) in [6.45, 7) is 1.68. The van der Waals surface area contributed by atoms with Gasteiger partial charge in [0.15, 0.2) is 6.10 Å². The molecular formula is C19H14ClN3O3S. The summed E-state index contributed by atoms with van der Waals surface area (Å²) in [5.74, 6) is 0.0136. The van der Waals surface area contributed by atoms with Crippen molar-refractivity contribution in [2.45, 2.75) is 13.0 Å². The molecule has 3 aromatic rings. The van der Waals surface area contributed by atoms with Gasteiger partial charge in [-0.2, -0.15) is 0 Å². The van der Waals surface area contributed by atoms with Gasteiger partial charge >= 0.3 is 0 Å². The first-order chi connectivity index (χ1) is 13.0. The van der Waals surface area contributed by atoms with Crippen molar-refractivity contribution < 1.29 is 14.3 Å². The number of ether oxygens (including phenoxy) is 1. The predicted molar refractivity (Wildman–Crippen MR) is 106 cm³/mol. The van der Waals surface area contributed by atoms with E-state index in [-0.39, 0.29) is 11.8 Å². The van der Waals surface area contributed by atoms with Crippen molar-refractivity contribution in [2.24, 2.45) is 0 Å². The standard InChI is InChI=1S/C19H14ClN3O3S/c1-10-17(24)22-14-8-13(6-7-16(14)26-10)21-18(25)15-9-27-19(23-15)11-2-4-12(20)5-3-11/h2-10H,1H3,(H,21,25)(H,22,24). The lowest BCUT2D eigenvalue weighted by Gasteiger charge is -2.23. The summed E-state index contributed by atoms with van der Waals surface area (Å²) in [5.41, 5.74) is 2.28. The molecule has 0 bridgehead atoms. The molecule has 0 saturated heterocycles. The van der Waals surface area contributed by atoms with Crippen LogP contribution in [0.15, 0.2) is 47.8 Å². The van der Waals surface area contributed by atoms with Crippen molar-refractivity contribution in [1.82, 2.24) is 4.98 Å². The third-order valence-corrected chi connectivity index (χ3v) is 5.14. The van der Waals surface area contributed by atoms with E-state index in [0.717, 1.165) is 10.6 Å². The van der Waals surface area contributed by atoms with Gasteiger partial charge in [0.05, 0.1) is 5.69 Å². The van der Waals surface area contributed by atoms with Crippen LogP contribution in [0.2, 0.25) is 5.02 Å². The summed E-state index contributed by atoms with van der Waals surface area (Å²) < 4.78 is 5.50. The summed E-state index contributed by atoms with van der Waals surface area (Å²) in [7, 11) is 0. The number of carbonyl (C=O) groups excluding carboxylic acids is 2. The average molecular weight is 400 g/mol. The Hall–Kier alpha value is -2.90. The molecule has 8 heteroatoms. The van der Waals surface area contributed by atoms with E-state index in [1.54, 1.807) is 42.6 Å². The molecule has 1 atom stereocenters. The number of aromatic nitrogens is 1. The van der Waals surface area contributed by atoms with Crippen LogP contribution in [0.4, 0.5) is 11.4 Å². The molecule has 0 aliphatic carbocycles. The Labute approximate surface area is 164 Å². The van der Waals surface area contributed by atoms with Crippen molar-refractivity contribution in [3.05, 3.63) is 58.6 Å². The van der Waals surface area contributed by atoms with Gasteiger partial charge in [-0.05, 0) is 37.3 Å². The summed E-state index contributed by atoms with van der Waals surface area (Å²) in [6, 6.07) is 12.4. The number of fused-ring (bicyclic) bond motifs is 1. The Balaban J connectivity index is 1.51. The lowest BCUT2D eigenvalue weighted by atomic mass is 10.2. The normalized spacial score (nSPS) is 15.5. The number of hydrogen-bond donors (Lipinski definition) is 2. The smallest absolute Gasteiger partial charge is 0.275 e. The van der Waals surface area contributed by atoms with E-state index in [0.29, 0.717) is 27.8 Å². The van der Waals surface area contributed by atoms with Crippen molar-refractivity contribution in [3.63, 3.8) is 0 Å². The van der Waals surface area contributed by atoms with Gasteiger partial charge in [0.25, 0.3) is 11.8 Å². The van der Waals surface area contributed by atoms with Gasteiger partial charge in [0, 0.05) is 21.7 Å². The molecule has 27 heavy (non-hydrogen) atoms. The maximum absolute atomic E-state index is 12.5. The van der Waals surface area contributed by atoms with E-state index in [9.17, 15) is 9.59 Å². The van der Waals surface area contributed by atoms with Crippen molar-refractivity contribution >= 4 is 46.1 Å². The van der Waals surface area contributed by atoms with Gasteiger partial charge in [-0.1, -0.05) is 23.7 Å². The van der Waals surface area contributed by atoms with Crippen LogP contribution in [-0.4, -0.2) is 22.9 Å². The molecular weight excluding hydrogens is 386 g/mol. The van der Waals surface area contributed by atoms with Gasteiger partial charge < -0.3 is 15.4 Å². The molecule has 1 aliphatic rings. The summed E-state index contributed by atoms with van der Waals surface area (Å²) in [5, 5.41) is 8.62. The molecule has 2 heterocycles. The number of halogens is 1. The van der Waals surface area contributed by atoms with Crippen molar-refractivity contribution in [2.75, 3.05) is 10.6 Å². The number of amides is 2. The summed E-state index contributed by atoms with van der Waals surface area (Å²) in [4.78, 5) is 28.6. The second kappa shape index (κ2) is 7.02. The molecule has 0 fully saturated rings. The Kier molecular flexibility index (Phi) is 4.55. The third-order valence-electron chi connectivity index (χ3n) is 4.00. The van der Waals surface area contributed by atoms with Gasteiger partial charge in [0.2, 0.25) is 0 Å². The van der Waals surface area contributed by atoms with Gasteiger partial charge in [-0.15, -0.1) is 11.3 Å². The average Bonchev–Trinajstić information content (AvgIpc) is 3.14. The Morgan fingerprint density at radius 2 is 2.04 bits per heavy atom. The van der Waals surface area contributed by atoms with Gasteiger partial charge in [-0.25, -0.2) is 4.98 Å². The molecule has 6 nitrogen and oxygen atoms in total. The molecule has 0 saturated carbocycles. The fourth-order valence-electron chi connectivity index (χ4n) is 2.58. The first-order valence-electron chi connectivity index (χ1n) is 8.14. The predicted octanol–water partition coefficient (Wildman–Crippen LogP) is 4.44. The molecule has 4 rings (SSSR count). The topological polar surface area (TPSA) is 80.3 Å². The van der Waals surface area contributed by atoms with E-state index in [2.05, 4.69) is 15.6 Å². The molecule has 0 spiro atoms. The molecule has 1 aliphatic heterocycles. The second-order valence-electron chi connectivity index (χ2n) is 5.96. The SMILES string of the molecule is CC1Oc2ccc(NC(=O)c3csc(-c4ccc(Cl)cc4)n3)cc2NC1=O. The monoisotopic (exact) mass is 399 g/mol. The summed E-state index contributed by atoms with van der Waals surface area (Å²) >= 11 is 7.28. The highest BCUT2D eigenvalue weighted by Gasteiger charge is 2.23. The lowest BCUT2D eigenvalue weighted by molar-refractivity contribution is -0.122. The number of nitrogens with one attached hydrogen (secondary N) is 2. The minimum atomic E-state index is -0.542. The second-order valence-corrected chi connectivity index (χ2v) is 7.25. The van der Waals surface area contributed by atoms with E-state index in [1.165, 1.54) is 11.3 Å². The van der Waals surface area contributed by atoms with Crippen molar-refractivity contribution in [1.29, 1.82) is 0 Å². The van der Waals surface area contributed by atoms with Gasteiger partial charge in [-0.3, -0.25) is 9.59 Å². The van der Waals surface area contributed by atoms with Crippen LogP contribution >= 0.6 is 22.9 Å². The Bertz CT molecular complexity index is 1030. The maximum atomic E-state index is 12.5. The van der Waals surface area contributed by atoms with Crippen molar-refractivity contribution in [3.8, 4) is 16.3 Å². The third kappa shape index (κ3) is 3.65. The minimum Gasteiger partial charge on any atom is -0.479 e.